The second kappa shape index (κ2) is 9.23. The minimum Gasteiger partial charge on any atom is -0.481 e. The third-order valence-electron chi connectivity index (χ3n) is 3.28. The highest BCUT2D eigenvalue weighted by atomic mass is 19.4. The van der Waals surface area contributed by atoms with E-state index >= 15 is 0 Å². The molecule has 2 aromatic rings. The molecule has 9 heteroatoms. The van der Waals surface area contributed by atoms with E-state index in [9.17, 15) is 18.0 Å². The number of carbonyl (C=O) groups is 1. The van der Waals surface area contributed by atoms with Gasteiger partial charge in [0.2, 0.25) is 5.88 Å². The van der Waals surface area contributed by atoms with Gasteiger partial charge >= 0.3 is 6.18 Å². The topological polar surface area (TPSA) is 69.7 Å². The van der Waals surface area contributed by atoms with Crippen molar-refractivity contribution < 1.29 is 32.3 Å². The van der Waals surface area contributed by atoms with Gasteiger partial charge in [-0.25, -0.2) is 10.5 Å². The minimum atomic E-state index is -4.46. The molecular formula is C19H19F3N2O4. The highest BCUT2D eigenvalue weighted by molar-refractivity contribution is 5.79. The SMILES string of the molecule is C=C(C)CONC(=O)C(C)Oc1ccc(Oc2ccc(C(F)(F)F)cn2)cc1. The van der Waals surface area contributed by atoms with Crippen LogP contribution in [0.2, 0.25) is 0 Å². The summed E-state index contributed by atoms with van der Waals surface area (Å²) in [7, 11) is 0. The summed E-state index contributed by atoms with van der Waals surface area (Å²) in [4.78, 5) is 20.4. The Morgan fingerprint density at radius 3 is 2.36 bits per heavy atom. The predicted molar refractivity (Wildman–Crippen MR) is 94.8 cm³/mol. The summed E-state index contributed by atoms with van der Waals surface area (Å²) in [6, 6.07) is 8.20. The Morgan fingerprint density at radius 1 is 1.18 bits per heavy atom. The number of nitrogens with one attached hydrogen (secondary N) is 1. The molecule has 1 heterocycles. The molecule has 1 N–H and O–H groups in total. The second-order valence-electron chi connectivity index (χ2n) is 5.93. The Labute approximate surface area is 159 Å². The zero-order valence-electron chi connectivity index (χ0n) is 15.2. The minimum absolute atomic E-state index is 0.0177. The highest BCUT2D eigenvalue weighted by Gasteiger charge is 2.30. The molecule has 1 unspecified atom stereocenters. The van der Waals surface area contributed by atoms with Crippen molar-refractivity contribution in [1.29, 1.82) is 0 Å². The molecule has 150 valence electrons. The number of hydrogen-bond acceptors (Lipinski definition) is 5. The van der Waals surface area contributed by atoms with Crippen LogP contribution in [-0.2, 0) is 15.8 Å². The average Bonchev–Trinajstić information content (AvgIpc) is 2.62. The Morgan fingerprint density at radius 2 is 1.82 bits per heavy atom. The van der Waals surface area contributed by atoms with Crippen molar-refractivity contribution >= 4 is 5.91 Å². The van der Waals surface area contributed by atoms with Gasteiger partial charge in [0.1, 0.15) is 11.5 Å². The fourth-order valence-corrected chi connectivity index (χ4v) is 1.89. The number of amides is 1. The van der Waals surface area contributed by atoms with Gasteiger partial charge in [0.05, 0.1) is 12.2 Å². The normalized spacial score (nSPS) is 12.2. The van der Waals surface area contributed by atoms with Crippen molar-refractivity contribution in [3.05, 3.63) is 60.3 Å². The average molecular weight is 396 g/mol. The third-order valence-corrected chi connectivity index (χ3v) is 3.28. The molecule has 1 amide bonds. The van der Waals surface area contributed by atoms with E-state index in [0.717, 1.165) is 17.7 Å². The summed E-state index contributed by atoms with van der Waals surface area (Å²) in [5, 5.41) is 0. The van der Waals surface area contributed by atoms with Crippen molar-refractivity contribution in [2.24, 2.45) is 0 Å². The standard InChI is InChI=1S/C19H19F3N2O4/c1-12(2)11-26-24-18(25)13(3)27-15-5-7-16(8-6-15)28-17-9-4-14(10-23-17)19(20,21)22/h4-10,13H,1,11H2,2-3H3,(H,24,25). The van der Waals surface area contributed by atoms with E-state index in [0.29, 0.717) is 17.7 Å². The van der Waals surface area contributed by atoms with Gasteiger partial charge in [-0.2, -0.15) is 13.2 Å². The van der Waals surface area contributed by atoms with Crippen LogP contribution in [0.4, 0.5) is 13.2 Å². The molecule has 0 aliphatic rings. The van der Waals surface area contributed by atoms with Crippen molar-refractivity contribution in [2.75, 3.05) is 6.61 Å². The first kappa shape index (κ1) is 21.2. The number of hydrogen-bond donors (Lipinski definition) is 1. The summed E-state index contributed by atoms with van der Waals surface area (Å²) in [5.74, 6) is 0.302. The van der Waals surface area contributed by atoms with Crippen molar-refractivity contribution in [3.63, 3.8) is 0 Å². The Kier molecular flexibility index (Phi) is 7.00. The Hall–Kier alpha value is -3.07. The summed E-state index contributed by atoms with van der Waals surface area (Å²) in [5.41, 5.74) is 2.15. The molecule has 6 nitrogen and oxygen atoms in total. The predicted octanol–water partition coefficient (Wildman–Crippen LogP) is 4.28. The van der Waals surface area contributed by atoms with E-state index in [-0.39, 0.29) is 12.5 Å². The van der Waals surface area contributed by atoms with E-state index in [2.05, 4.69) is 17.0 Å². The van der Waals surface area contributed by atoms with Crippen molar-refractivity contribution in [3.8, 4) is 17.4 Å². The maximum atomic E-state index is 12.5. The van der Waals surface area contributed by atoms with Crippen LogP contribution < -0.4 is 15.0 Å². The molecule has 0 saturated heterocycles. The molecule has 28 heavy (non-hydrogen) atoms. The summed E-state index contributed by atoms with van der Waals surface area (Å²) in [6.45, 7) is 7.15. The molecule has 1 atom stereocenters. The van der Waals surface area contributed by atoms with Crippen LogP contribution in [0.5, 0.6) is 17.4 Å². The highest BCUT2D eigenvalue weighted by Crippen LogP contribution is 2.30. The van der Waals surface area contributed by atoms with Gasteiger partial charge in [0, 0.05) is 12.3 Å². The number of alkyl halides is 3. The van der Waals surface area contributed by atoms with Crippen molar-refractivity contribution in [2.45, 2.75) is 26.1 Å². The van der Waals surface area contributed by atoms with Crippen LogP contribution in [0.15, 0.2) is 54.7 Å². The van der Waals surface area contributed by atoms with E-state index in [4.69, 9.17) is 14.3 Å². The number of carbonyl (C=O) groups excluding carboxylic acids is 1. The van der Waals surface area contributed by atoms with Crippen molar-refractivity contribution in [1.82, 2.24) is 10.5 Å². The molecule has 0 aliphatic heterocycles. The summed E-state index contributed by atoms with van der Waals surface area (Å²) in [6.07, 6.45) is -4.57. The first-order chi connectivity index (χ1) is 13.1. The molecule has 0 radical (unpaired) electrons. The lowest BCUT2D eigenvalue weighted by molar-refractivity contribution is -0.139. The fraction of sp³-hybridized carbons (Fsp3) is 0.263. The number of nitrogens with zero attached hydrogens (tertiary/aromatic N) is 1. The quantitative estimate of drug-likeness (QED) is 0.533. The number of hydroxylamine groups is 1. The van der Waals surface area contributed by atoms with Gasteiger partial charge in [-0.1, -0.05) is 12.2 Å². The molecule has 0 spiro atoms. The lowest BCUT2D eigenvalue weighted by atomic mass is 10.3. The summed E-state index contributed by atoms with van der Waals surface area (Å²) < 4.78 is 48.4. The molecule has 0 saturated carbocycles. The van der Waals surface area contributed by atoms with Crippen LogP contribution in [0.1, 0.15) is 19.4 Å². The van der Waals surface area contributed by atoms with Gasteiger partial charge < -0.3 is 9.47 Å². The van der Waals surface area contributed by atoms with Gasteiger partial charge in [-0.15, -0.1) is 0 Å². The number of halogens is 3. The van der Waals surface area contributed by atoms with Gasteiger partial charge in [-0.05, 0) is 44.2 Å². The fourth-order valence-electron chi connectivity index (χ4n) is 1.89. The van der Waals surface area contributed by atoms with Gasteiger partial charge in [-0.3, -0.25) is 9.63 Å². The molecule has 1 aromatic heterocycles. The third kappa shape index (κ3) is 6.58. The van der Waals surface area contributed by atoms with Crippen LogP contribution in [0, 0.1) is 0 Å². The van der Waals surface area contributed by atoms with Gasteiger partial charge in [0.15, 0.2) is 6.10 Å². The number of benzene rings is 1. The number of ether oxygens (including phenoxy) is 2. The molecule has 1 aromatic carbocycles. The Bertz CT molecular complexity index is 805. The second-order valence-corrected chi connectivity index (χ2v) is 5.93. The maximum Gasteiger partial charge on any atom is 0.417 e. The Balaban J connectivity index is 1.89. The molecule has 2 rings (SSSR count). The van der Waals surface area contributed by atoms with E-state index < -0.39 is 23.8 Å². The molecule has 0 fully saturated rings. The molecule has 0 bridgehead atoms. The number of aromatic nitrogens is 1. The smallest absolute Gasteiger partial charge is 0.417 e. The van der Waals surface area contributed by atoms with E-state index in [1.54, 1.807) is 26.0 Å². The number of pyridine rings is 1. The maximum absolute atomic E-state index is 12.5. The zero-order valence-corrected chi connectivity index (χ0v) is 15.2. The van der Waals surface area contributed by atoms with Crippen LogP contribution in [0.25, 0.3) is 0 Å². The molecule has 0 aliphatic carbocycles. The lowest BCUT2D eigenvalue weighted by Gasteiger charge is -2.15. The van der Waals surface area contributed by atoms with Gasteiger partial charge in [0.25, 0.3) is 5.91 Å². The first-order valence-electron chi connectivity index (χ1n) is 8.19. The van der Waals surface area contributed by atoms with Crippen LogP contribution in [-0.4, -0.2) is 23.6 Å². The van der Waals surface area contributed by atoms with E-state index in [1.807, 2.05) is 0 Å². The monoisotopic (exact) mass is 396 g/mol. The van der Waals surface area contributed by atoms with E-state index in [1.165, 1.54) is 12.1 Å². The zero-order chi connectivity index (χ0) is 20.7. The number of rotatable bonds is 8. The lowest BCUT2D eigenvalue weighted by Crippen LogP contribution is -2.36. The first-order valence-corrected chi connectivity index (χ1v) is 8.19. The molecular weight excluding hydrogens is 377 g/mol. The largest absolute Gasteiger partial charge is 0.481 e. The van der Waals surface area contributed by atoms with Crippen LogP contribution >= 0.6 is 0 Å². The van der Waals surface area contributed by atoms with Crippen LogP contribution in [0.3, 0.4) is 0 Å². The summed E-state index contributed by atoms with van der Waals surface area (Å²) >= 11 is 0.